The van der Waals surface area contributed by atoms with Crippen LogP contribution in [-0.4, -0.2) is 64.8 Å². The van der Waals surface area contributed by atoms with Crippen molar-refractivity contribution < 1.29 is 38.0 Å². The number of hydrogen-bond donors (Lipinski definition) is 0. The molecule has 0 aromatic heterocycles. The summed E-state index contributed by atoms with van der Waals surface area (Å²) in [5.41, 5.74) is 0. The molecule has 0 aliphatic rings. The second-order valence-corrected chi connectivity index (χ2v) is 7.81. The molecule has 0 radical (unpaired) electrons. The molecule has 0 aliphatic heterocycles. The van der Waals surface area contributed by atoms with Crippen molar-refractivity contribution in [2.45, 2.75) is 12.2 Å². The first-order valence-corrected chi connectivity index (χ1v) is 11.3. The number of benzene rings is 3. The summed E-state index contributed by atoms with van der Waals surface area (Å²) in [7, 11) is 3.05. The van der Waals surface area contributed by atoms with Crippen LogP contribution in [0.5, 0.6) is 11.5 Å². The lowest BCUT2D eigenvalue weighted by Gasteiger charge is -2.22. The first kappa shape index (κ1) is 26.7. The standard InChI is InChI=1S/C28H30O8/c1-5-25(29)35-19(15-31-3)17-33-27-21-11-7-9-13-23(21)28(24-14-10-8-12-22(24)27)34-18-20(16-32-4)36-26(30)6-2/h5-14,19-20H,1-2,15-18H2,3-4H3. The molecule has 36 heavy (non-hydrogen) atoms. The van der Waals surface area contributed by atoms with E-state index < -0.39 is 24.1 Å². The smallest absolute Gasteiger partial charge is 0.330 e. The van der Waals surface area contributed by atoms with E-state index in [9.17, 15) is 9.59 Å². The van der Waals surface area contributed by atoms with Crippen molar-refractivity contribution in [3.63, 3.8) is 0 Å². The molecule has 2 atom stereocenters. The Bertz CT molecular complexity index is 1070. The number of hydrogen-bond acceptors (Lipinski definition) is 8. The Morgan fingerprint density at radius 1 is 0.667 bits per heavy atom. The molecule has 190 valence electrons. The van der Waals surface area contributed by atoms with Gasteiger partial charge in [0.25, 0.3) is 0 Å². The van der Waals surface area contributed by atoms with E-state index in [1.165, 1.54) is 14.2 Å². The fourth-order valence-corrected chi connectivity index (χ4v) is 3.74. The van der Waals surface area contributed by atoms with Crippen LogP contribution in [0.1, 0.15) is 0 Å². The number of fused-ring (bicyclic) bond motifs is 2. The van der Waals surface area contributed by atoms with Crippen molar-refractivity contribution in [3.05, 3.63) is 73.8 Å². The van der Waals surface area contributed by atoms with E-state index >= 15 is 0 Å². The van der Waals surface area contributed by atoms with E-state index in [1.807, 2.05) is 48.5 Å². The Morgan fingerprint density at radius 2 is 1.00 bits per heavy atom. The number of carbonyl (C=O) groups excluding carboxylic acids is 2. The SMILES string of the molecule is C=CC(=O)OC(COC)COc1c2ccccc2c(OCC(COC)OC(=O)C=C)c2ccccc12. The molecule has 0 saturated carbocycles. The van der Waals surface area contributed by atoms with Crippen LogP contribution in [0, 0.1) is 0 Å². The summed E-state index contributed by atoms with van der Waals surface area (Å²) in [6.45, 7) is 7.36. The number of methoxy groups -OCH3 is 2. The van der Waals surface area contributed by atoms with Crippen molar-refractivity contribution in [2.24, 2.45) is 0 Å². The maximum atomic E-state index is 11.7. The van der Waals surface area contributed by atoms with Crippen LogP contribution >= 0.6 is 0 Å². The zero-order valence-corrected chi connectivity index (χ0v) is 20.4. The molecule has 0 amide bonds. The van der Waals surface area contributed by atoms with Crippen molar-refractivity contribution in [1.29, 1.82) is 0 Å². The zero-order valence-electron chi connectivity index (χ0n) is 20.4. The van der Waals surface area contributed by atoms with Crippen molar-refractivity contribution in [3.8, 4) is 11.5 Å². The van der Waals surface area contributed by atoms with Gasteiger partial charge in [-0.2, -0.15) is 0 Å². The lowest BCUT2D eigenvalue weighted by Crippen LogP contribution is -2.29. The lowest BCUT2D eigenvalue weighted by atomic mass is 10.0. The number of ether oxygens (including phenoxy) is 6. The van der Waals surface area contributed by atoms with Gasteiger partial charge in [0.2, 0.25) is 0 Å². The maximum absolute atomic E-state index is 11.7. The third-order valence-electron chi connectivity index (χ3n) is 5.26. The van der Waals surface area contributed by atoms with Crippen molar-refractivity contribution in [1.82, 2.24) is 0 Å². The Kier molecular flexibility index (Phi) is 9.85. The van der Waals surface area contributed by atoms with Crippen LogP contribution in [-0.2, 0) is 28.5 Å². The van der Waals surface area contributed by atoms with Gasteiger partial charge in [-0.3, -0.25) is 0 Å². The van der Waals surface area contributed by atoms with Crippen LogP contribution in [0.25, 0.3) is 21.5 Å². The molecule has 3 aromatic carbocycles. The fraction of sp³-hybridized carbons (Fsp3) is 0.286. The monoisotopic (exact) mass is 494 g/mol. The van der Waals surface area contributed by atoms with Gasteiger partial charge in [-0.25, -0.2) is 9.59 Å². The van der Waals surface area contributed by atoms with E-state index in [2.05, 4.69) is 13.2 Å². The molecule has 0 bridgehead atoms. The van der Waals surface area contributed by atoms with E-state index in [1.54, 1.807) is 0 Å². The maximum Gasteiger partial charge on any atom is 0.330 e. The molecule has 0 fully saturated rings. The van der Waals surface area contributed by atoms with Crippen LogP contribution < -0.4 is 9.47 Å². The number of carbonyl (C=O) groups is 2. The summed E-state index contributed by atoms with van der Waals surface area (Å²) >= 11 is 0. The highest BCUT2D eigenvalue weighted by Gasteiger charge is 2.21. The van der Waals surface area contributed by atoms with Crippen LogP contribution in [0.15, 0.2) is 73.8 Å². The normalized spacial score (nSPS) is 12.5. The molecule has 2 unspecified atom stereocenters. The van der Waals surface area contributed by atoms with Crippen molar-refractivity contribution >= 4 is 33.5 Å². The number of rotatable bonds is 14. The Balaban J connectivity index is 1.99. The van der Waals surface area contributed by atoms with Gasteiger partial charge in [-0.1, -0.05) is 61.7 Å². The third kappa shape index (κ3) is 6.62. The lowest BCUT2D eigenvalue weighted by molar-refractivity contribution is -0.148. The molecule has 0 aliphatic carbocycles. The van der Waals surface area contributed by atoms with Gasteiger partial charge in [-0.15, -0.1) is 0 Å². The first-order valence-electron chi connectivity index (χ1n) is 11.3. The zero-order chi connectivity index (χ0) is 25.9. The molecule has 8 heteroatoms. The van der Waals surface area contributed by atoms with E-state index in [0.717, 1.165) is 33.7 Å². The molecule has 0 N–H and O–H groups in total. The highest BCUT2D eigenvalue weighted by atomic mass is 16.6. The second kappa shape index (κ2) is 13.3. The molecule has 3 rings (SSSR count). The molecular formula is C28H30O8. The molecule has 0 spiro atoms. The van der Waals surface area contributed by atoms with Gasteiger partial charge < -0.3 is 28.4 Å². The van der Waals surface area contributed by atoms with E-state index in [0.29, 0.717) is 11.5 Å². The average Bonchev–Trinajstić information content (AvgIpc) is 2.90. The van der Waals surface area contributed by atoms with Gasteiger partial charge in [0, 0.05) is 47.9 Å². The highest BCUT2D eigenvalue weighted by Crippen LogP contribution is 2.42. The average molecular weight is 495 g/mol. The van der Waals surface area contributed by atoms with Gasteiger partial charge in [0.05, 0.1) is 13.2 Å². The molecular weight excluding hydrogens is 464 g/mol. The summed E-state index contributed by atoms with van der Waals surface area (Å²) in [6, 6.07) is 15.3. The van der Waals surface area contributed by atoms with E-state index in [4.69, 9.17) is 28.4 Å². The Labute approximate surface area is 210 Å². The van der Waals surface area contributed by atoms with Crippen LogP contribution in [0.2, 0.25) is 0 Å². The van der Waals surface area contributed by atoms with Crippen LogP contribution in [0.4, 0.5) is 0 Å². The molecule has 0 saturated heterocycles. The largest absolute Gasteiger partial charge is 0.488 e. The first-order chi connectivity index (χ1) is 17.5. The summed E-state index contributed by atoms with van der Waals surface area (Å²) in [6.07, 6.45) is 0.956. The second-order valence-electron chi connectivity index (χ2n) is 7.81. The quantitative estimate of drug-likeness (QED) is 0.187. The van der Waals surface area contributed by atoms with Gasteiger partial charge in [0.15, 0.2) is 12.2 Å². The third-order valence-corrected chi connectivity index (χ3v) is 5.26. The highest BCUT2D eigenvalue weighted by molar-refractivity contribution is 6.11. The Morgan fingerprint density at radius 3 is 1.28 bits per heavy atom. The summed E-state index contributed by atoms with van der Waals surface area (Å²) in [5.74, 6) is 0.135. The molecule has 8 nitrogen and oxygen atoms in total. The van der Waals surface area contributed by atoms with Gasteiger partial charge in [-0.05, 0) is 0 Å². The minimum absolute atomic E-state index is 0.0784. The van der Waals surface area contributed by atoms with Crippen LogP contribution in [0.3, 0.4) is 0 Å². The fourth-order valence-electron chi connectivity index (χ4n) is 3.74. The van der Waals surface area contributed by atoms with E-state index in [-0.39, 0.29) is 26.4 Å². The Hall–Kier alpha value is -3.88. The minimum atomic E-state index is -0.622. The summed E-state index contributed by atoms with van der Waals surface area (Å²) < 4.78 is 33.5. The minimum Gasteiger partial charge on any atom is -0.488 e. The predicted octanol–water partition coefficient (Wildman–Crippen LogP) is 4.24. The van der Waals surface area contributed by atoms with Gasteiger partial charge in [0.1, 0.15) is 24.7 Å². The topological polar surface area (TPSA) is 89.5 Å². The molecule has 0 heterocycles. The molecule has 3 aromatic rings. The number of esters is 2. The van der Waals surface area contributed by atoms with Crippen molar-refractivity contribution in [2.75, 3.05) is 40.6 Å². The van der Waals surface area contributed by atoms with Gasteiger partial charge >= 0.3 is 11.9 Å². The summed E-state index contributed by atoms with van der Waals surface area (Å²) in [4.78, 5) is 23.4. The summed E-state index contributed by atoms with van der Waals surface area (Å²) in [5, 5.41) is 3.24. The predicted molar refractivity (Wildman–Crippen MR) is 136 cm³/mol.